The average molecular weight is 419 g/mol. The molecule has 1 aliphatic rings. The highest BCUT2D eigenvalue weighted by Crippen LogP contribution is 2.20. The van der Waals surface area contributed by atoms with Crippen LogP contribution in [0.1, 0.15) is 33.1 Å². The van der Waals surface area contributed by atoms with Crippen LogP contribution in [0.5, 0.6) is 0 Å². The molecule has 10 nitrogen and oxygen atoms in total. The summed E-state index contributed by atoms with van der Waals surface area (Å²) in [5.74, 6) is -2.95. The number of aliphatic hydroxyl groups excluding tert-OH is 1. The van der Waals surface area contributed by atoms with Crippen molar-refractivity contribution in [2.24, 2.45) is 11.7 Å². The molecular weight excluding hydrogens is 388 g/mol. The Balaban J connectivity index is 2.76. The Morgan fingerprint density at radius 3 is 2.36 bits per heavy atom. The van der Waals surface area contributed by atoms with Crippen molar-refractivity contribution >= 4 is 36.3 Å². The molecule has 6 N–H and O–H groups in total. The molecule has 1 rings (SSSR count). The molecule has 0 saturated carbocycles. The van der Waals surface area contributed by atoms with Crippen LogP contribution in [-0.4, -0.2) is 81.9 Å². The van der Waals surface area contributed by atoms with Crippen LogP contribution in [0, 0.1) is 5.92 Å². The van der Waals surface area contributed by atoms with E-state index in [1.807, 2.05) is 13.8 Å². The van der Waals surface area contributed by atoms with Gasteiger partial charge in [0.1, 0.15) is 18.1 Å². The summed E-state index contributed by atoms with van der Waals surface area (Å²) >= 11 is 3.84. The lowest BCUT2D eigenvalue weighted by atomic mass is 10.0. The number of nitrogens with zero attached hydrogens (tertiary/aromatic N) is 1. The Bertz CT molecular complexity index is 588. The molecule has 4 atom stereocenters. The quantitative estimate of drug-likeness (QED) is 0.231. The van der Waals surface area contributed by atoms with Gasteiger partial charge in [0.05, 0.1) is 12.6 Å². The lowest BCUT2D eigenvalue weighted by Gasteiger charge is -2.28. The second-order valence-corrected chi connectivity index (χ2v) is 7.62. The van der Waals surface area contributed by atoms with Crippen LogP contribution in [0.25, 0.3) is 0 Å². The van der Waals surface area contributed by atoms with Crippen LogP contribution < -0.4 is 16.4 Å². The summed E-state index contributed by atoms with van der Waals surface area (Å²) in [6.45, 7) is 3.56. The molecule has 1 heterocycles. The fourth-order valence-corrected chi connectivity index (χ4v) is 3.29. The number of hydrogen-bond acceptors (Lipinski definition) is 7. The molecule has 0 aromatic rings. The number of rotatable bonds is 10. The predicted octanol–water partition coefficient (Wildman–Crippen LogP) is -1.67. The summed E-state index contributed by atoms with van der Waals surface area (Å²) in [5, 5.41) is 23.0. The van der Waals surface area contributed by atoms with Crippen LogP contribution in [0.15, 0.2) is 0 Å². The minimum Gasteiger partial charge on any atom is -0.480 e. The number of carbonyl (C=O) groups excluding carboxylic acids is 3. The van der Waals surface area contributed by atoms with Gasteiger partial charge in [-0.05, 0) is 25.2 Å². The molecule has 4 unspecified atom stereocenters. The third-order valence-corrected chi connectivity index (χ3v) is 4.86. The maximum atomic E-state index is 12.6. The number of thiol groups is 1. The molecule has 160 valence electrons. The van der Waals surface area contributed by atoms with Crippen molar-refractivity contribution in [1.29, 1.82) is 0 Å². The van der Waals surface area contributed by atoms with Crippen LogP contribution in [-0.2, 0) is 19.2 Å². The number of carbonyl (C=O) groups is 4. The van der Waals surface area contributed by atoms with Gasteiger partial charge in [-0.1, -0.05) is 13.8 Å². The zero-order valence-corrected chi connectivity index (χ0v) is 17.0. The summed E-state index contributed by atoms with van der Waals surface area (Å²) in [7, 11) is 0. The van der Waals surface area contributed by atoms with Gasteiger partial charge in [0.2, 0.25) is 17.7 Å². The van der Waals surface area contributed by atoms with E-state index in [9.17, 15) is 24.3 Å². The van der Waals surface area contributed by atoms with Gasteiger partial charge < -0.3 is 31.5 Å². The number of aliphatic carboxylic acids is 1. The highest BCUT2D eigenvalue weighted by atomic mass is 32.1. The third kappa shape index (κ3) is 6.64. The summed E-state index contributed by atoms with van der Waals surface area (Å²) in [5.41, 5.74) is 5.94. The van der Waals surface area contributed by atoms with Crippen LogP contribution in [0.3, 0.4) is 0 Å². The number of carboxylic acids is 1. The number of carboxylic acid groups (broad SMARTS) is 1. The van der Waals surface area contributed by atoms with Gasteiger partial charge in [-0.15, -0.1) is 0 Å². The molecule has 0 bridgehead atoms. The van der Waals surface area contributed by atoms with Crippen LogP contribution >= 0.6 is 12.6 Å². The Hall–Kier alpha value is -1.85. The Labute approximate surface area is 169 Å². The average Bonchev–Trinajstić information content (AvgIpc) is 3.11. The fourth-order valence-electron chi connectivity index (χ4n) is 3.04. The molecule has 0 radical (unpaired) electrons. The van der Waals surface area contributed by atoms with Gasteiger partial charge in [-0.2, -0.15) is 12.6 Å². The van der Waals surface area contributed by atoms with E-state index in [0.29, 0.717) is 25.8 Å². The van der Waals surface area contributed by atoms with Gasteiger partial charge in [-0.3, -0.25) is 14.4 Å². The van der Waals surface area contributed by atoms with Crippen molar-refractivity contribution in [3.8, 4) is 0 Å². The van der Waals surface area contributed by atoms with Crippen LogP contribution in [0.2, 0.25) is 0 Å². The van der Waals surface area contributed by atoms with E-state index >= 15 is 0 Å². The number of nitrogens with one attached hydrogen (secondary N) is 2. The minimum absolute atomic E-state index is 0.147. The minimum atomic E-state index is -1.34. The molecule has 1 fully saturated rings. The smallest absolute Gasteiger partial charge is 0.327 e. The summed E-state index contributed by atoms with van der Waals surface area (Å²) < 4.78 is 0. The molecule has 0 aliphatic carbocycles. The lowest BCUT2D eigenvalue weighted by molar-refractivity contribution is -0.143. The number of aliphatic hydroxyl groups is 1. The largest absolute Gasteiger partial charge is 0.480 e. The van der Waals surface area contributed by atoms with Gasteiger partial charge >= 0.3 is 5.97 Å². The summed E-state index contributed by atoms with van der Waals surface area (Å²) in [4.78, 5) is 49.7. The lowest BCUT2D eigenvalue weighted by Crippen LogP contribution is -2.57. The molecular formula is C17H30N4O6S. The maximum absolute atomic E-state index is 12.6. The predicted molar refractivity (Wildman–Crippen MR) is 105 cm³/mol. The standard InChI is InChI=1S/C17H30N4O6S/c1-9(2)6-10(18)16(25)21-5-3-4-13(21)15(24)19-11(7-22)14(23)20-12(8-28)17(26)27/h9-13,22,28H,3-8,18H2,1-2H3,(H,19,24)(H,20,23)(H,26,27). The van der Waals surface area contributed by atoms with Crippen molar-refractivity contribution in [3.05, 3.63) is 0 Å². The molecule has 1 saturated heterocycles. The van der Waals surface area contributed by atoms with Gasteiger partial charge in [0.15, 0.2) is 0 Å². The van der Waals surface area contributed by atoms with E-state index in [2.05, 4.69) is 23.3 Å². The number of likely N-dealkylation sites (tertiary alicyclic amines) is 1. The molecule has 0 spiro atoms. The molecule has 28 heavy (non-hydrogen) atoms. The maximum Gasteiger partial charge on any atom is 0.327 e. The zero-order valence-electron chi connectivity index (χ0n) is 16.1. The third-order valence-electron chi connectivity index (χ3n) is 4.49. The normalized spacial score (nSPS) is 19.8. The molecule has 0 aromatic carbocycles. The second kappa shape index (κ2) is 11.2. The van der Waals surface area contributed by atoms with Crippen LogP contribution in [0.4, 0.5) is 0 Å². The first-order chi connectivity index (χ1) is 13.1. The molecule has 0 aromatic heterocycles. The molecule has 11 heteroatoms. The van der Waals surface area contributed by atoms with Crippen molar-refractivity contribution < 1.29 is 29.4 Å². The van der Waals surface area contributed by atoms with Crippen molar-refractivity contribution in [3.63, 3.8) is 0 Å². The number of amides is 3. The topological polar surface area (TPSA) is 162 Å². The first kappa shape index (κ1) is 24.2. The first-order valence-electron chi connectivity index (χ1n) is 9.23. The second-order valence-electron chi connectivity index (χ2n) is 7.25. The van der Waals surface area contributed by atoms with Crippen molar-refractivity contribution in [2.45, 2.75) is 57.3 Å². The number of nitrogens with two attached hydrogens (primary N) is 1. The highest BCUT2D eigenvalue weighted by molar-refractivity contribution is 7.80. The fraction of sp³-hybridized carbons (Fsp3) is 0.765. The summed E-state index contributed by atoms with van der Waals surface area (Å²) in [6, 6.07) is -4.08. The Morgan fingerprint density at radius 2 is 1.86 bits per heavy atom. The monoisotopic (exact) mass is 418 g/mol. The summed E-state index contributed by atoms with van der Waals surface area (Å²) in [6.07, 6.45) is 1.53. The SMILES string of the molecule is CC(C)CC(N)C(=O)N1CCCC1C(=O)NC(CO)C(=O)NC(CS)C(=O)O. The Morgan fingerprint density at radius 1 is 1.21 bits per heavy atom. The van der Waals surface area contributed by atoms with Crippen molar-refractivity contribution in [2.75, 3.05) is 18.9 Å². The van der Waals surface area contributed by atoms with E-state index in [1.54, 1.807) is 0 Å². The van der Waals surface area contributed by atoms with E-state index in [1.165, 1.54) is 4.90 Å². The van der Waals surface area contributed by atoms with Gasteiger partial charge in [0, 0.05) is 12.3 Å². The Kier molecular flexibility index (Phi) is 9.70. The highest BCUT2D eigenvalue weighted by Gasteiger charge is 2.37. The van der Waals surface area contributed by atoms with Gasteiger partial charge in [-0.25, -0.2) is 4.79 Å². The van der Waals surface area contributed by atoms with E-state index < -0.39 is 48.6 Å². The first-order valence-corrected chi connectivity index (χ1v) is 9.86. The van der Waals surface area contributed by atoms with E-state index in [4.69, 9.17) is 10.8 Å². The zero-order chi connectivity index (χ0) is 21.4. The van der Waals surface area contributed by atoms with E-state index in [-0.39, 0.29) is 17.6 Å². The molecule has 1 aliphatic heterocycles. The number of hydrogen-bond donors (Lipinski definition) is 6. The van der Waals surface area contributed by atoms with Gasteiger partial charge in [0.25, 0.3) is 0 Å². The molecule has 3 amide bonds. The van der Waals surface area contributed by atoms with E-state index in [0.717, 1.165) is 0 Å². The van der Waals surface area contributed by atoms with Crippen molar-refractivity contribution in [1.82, 2.24) is 15.5 Å².